The van der Waals surface area contributed by atoms with Crippen molar-refractivity contribution in [2.75, 3.05) is 0 Å². The molecule has 17 heavy (non-hydrogen) atoms. The molecule has 0 aromatic heterocycles. The van der Waals surface area contributed by atoms with Crippen LogP contribution in [0, 0.1) is 5.41 Å². The SMILES string of the molecule is CC(C)(C)[CH2][Zr]([CH3])([CH]1C=CC=C1)[CH]1C=CC=C1. The van der Waals surface area contributed by atoms with Crippen molar-refractivity contribution in [1.82, 2.24) is 0 Å². The van der Waals surface area contributed by atoms with Crippen LogP contribution in [0.5, 0.6) is 0 Å². The van der Waals surface area contributed by atoms with Crippen LogP contribution in [0.3, 0.4) is 0 Å². The average molecular weight is 308 g/mol. The number of hydrogen-bond donors (Lipinski definition) is 0. The molecule has 0 spiro atoms. The number of rotatable bonds is 3. The summed E-state index contributed by atoms with van der Waals surface area (Å²) in [5, 5.41) is 0. The van der Waals surface area contributed by atoms with Gasteiger partial charge in [0.05, 0.1) is 0 Å². The third kappa shape index (κ3) is 2.99. The normalized spacial score (nSPS) is 20.9. The second-order valence-electron chi connectivity index (χ2n) is 6.83. The first-order chi connectivity index (χ1) is 7.92. The Morgan fingerprint density at radius 2 is 1.18 bits per heavy atom. The van der Waals surface area contributed by atoms with E-state index in [1.54, 1.807) is 0 Å². The maximum absolute atomic E-state index is 2.65. The fourth-order valence-electron chi connectivity index (χ4n) is 3.34. The van der Waals surface area contributed by atoms with Gasteiger partial charge in [0.25, 0.3) is 0 Å². The predicted molar refractivity (Wildman–Crippen MR) is 74.2 cm³/mol. The summed E-state index contributed by atoms with van der Waals surface area (Å²) in [6, 6.07) is 0. The van der Waals surface area contributed by atoms with Crippen molar-refractivity contribution in [2.24, 2.45) is 5.41 Å². The van der Waals surface area contributed by atoms with Crippen LogP contribution >= 0.6 is 0 Å². The third-order valence-corrected chi connectivity index (χ3v) is 17.8. The van der Waals surface area contributed by atoms with E-state index in [9.17, 15) is 0 Å². The molecule has 0 bridgehead atoms. The van der Waals surface area contributed by atoms with E-state index in [0.717, 1.165) is 7.25 Å². The van der Waals surface area contributed by atoms with Crippen LogP contribution in [0.2, 0.25) is 16.0 Å². The van der Waals surface area contributed by atoms with Gasteiger partial charge in [-0.25, -0.2) is 0 Å². The second-order valence-corrected chi connectivity index (χ2v) is 18.4. The zero-order valence-corrected chi connectivity index (χ0v) is 13.9. The molecule has 0 aromatic carbocycles. The summed E-state index contributed by atoms with van der Waals surface area (Å²) in [6.07, 6.45) is 18.7. The molecule has 0 radical (unpaired) electrons. The zero-order chi connectivity index (χ0) is 12.5. The molecule has 0 N–H and O–H groups in total. The molecule has 0 heterocycles. The molecule has 0 amide bonds. The third-order valence-electron chi connectivity index (χ3n) is 3.93. The van der Waals surface area contributed by atoms with Crippen LogP contribution in [-0.4, -0.2) is 0 Å². The first-order valence-corrected chi connectivity index (χ1v) is 13.7. The van der Waals surface area contributed by atoms with E-state index in [1.807, 2.05) is 0 Å². The molecule has 0 fully saturated rings. The Labute approximate surface area is 111 Å². The summed E-state index contributed by atoms with van der Waals surface area (Å²) in [6.45, 7) is 7.19. The summed E-state index contributed by atoms with van der Waals surface area (Å²) >= 11 is -2.22. The number of allylic oxidation sites excluding steroid dienone is 8. The Kier molecular flexibility index (Phi) is 3.78. The van der Waals surface area contributed by atoms with E-state index in [1.165, 1.54) is 4.13 Å². The Morgan fingerprint density at radius 3 is 1.47 bits per heavy atom. The van der Waals surface area contributed by atoms with Gasteiger partial charge in [-0.2, -0.15) is 0 Å². The standard InChI is InChI=1S/2C5H5.C5H11.CH3.Zr/c2*1-2-4-5-3-1;1-5(2,3)4;;/h2*1-5H;1H2,2-4H3;1H3;. The summed E-state index contributed by atoms with van der Waals surface area (Å²) < 4.78 is 5.65. The van der Waals surface area contributed by atoms with Gasteiger partial charge in [0.15, 0.2) is 0 Å². The quantitative estimate of drug-likeness (QED) is 0.647. The molecular formula is C16H24Zr. The van der Waals surface area contributed by atoms with E-state index >= 15 is 0 Å². The maximum atomic E-state index is 2.65. The van der Waals surface area contributed by atoms with Gasteiger partial charge in [-0.05, 0) is 0 Å². The first-order valence-electron chi connectivity index (χ1n) is 6.62. The summed E-state index contributed by atoms with van der Waals surface area (Å²) in [4.78, 5) is 0. The average Bonchev–Trinajstić information content (AvgIpc) is 2.89. The molecular weight excluding hydrogens is 283 g/mol. The molecule has 0 aromatic rings. The van der Waals surface area contributed by atoms with Gasteiger partial charge in [0.2, 0.25) is 0 Å². The second kappa shape index (κ2) is 4.84. The number of hydrogen-bond acceptors (Lipinski definition) is 0. The summed E-state index contributed by atoms with van der Waals surface area (Å²) in [7, 11) is 0. The van der Waals surface area contributed by atoms with E-state index < -0.39 is 20.3 Å². The molecule has 2 aliphatic carbocycles. The topological polar surface area (TPSA) is 0 Å². The van der Waals surface area contributed by atoms with Crippen molar-refractivity contribution in [3.05, 3.63) is 48.6 Å². The minimum absolute atomic E-state index is 0.458. The molecule has 0 atom stereocenters. The molecule has 0 aliphatic heterocycles. The van der Waals surface area contributed by atoms with Crippen LogP contribution in [0.1, 0.15) is 20.8 Å². The summed E-state index contributed by atoms with van der Waals surface area (Å²) in [5.74, 6) is 0. The van der Waals surface area contributed by atoms with Crippen molar-refractivity contribution >= 4 is 0 Å². The molecule has 2 aliphatic rings. The molecule has 0 unspecified atom stereocenters. The van der Waals surface area contributed by atoms with Crippen LogP contribution in [0.4, 0.5) is 0 Å². The molecule has 0 saturated heterocycles. The van der Waals surface area contributed by atoms with Crippen LogP contribution in [-0.2, 0) is 20.3 Å². The molecule has 0 nitrogen and oxygen atoms in total. The van der Waals surface area contributed by atoms with E-state index in [2.05, 4.69) is 74.0 Å². The van der Waals surface area contributed by atoms with Gasteiger partial charge >= 0.3 is 111 Å². The van der Waals surface area contributed by atoms with Gasteiger partial charge in [-0.15, -0.1) is 0 Å². The van der Waals surface area contributed by atoms with Gasteiger partial charge in [-0.3, -0.25) is 0 Å². The van der Waals surface area contributed by atoms with Crippen molar-refractivity contribution in [3.8, 4) is 0 Å². The van der Waals surface area contributed by atoms with Gasteiger partial charge in [0.1, 0.15) is 0 Å². The molecule has 92 valence electrons. The monoisotopic (exact) mass is 306 g/mol. The minimum atomic E-state index is -2.22. The summed E-state index contributed by atoms with van der Waals surface area (Å²) in [5.41, 5.74) is 0.458. The van der Waals surface area contributed by atoms with Crippen molar-refractivity contribution in [1.29, 1.82) is 0 Å². The van der Waals surface area contributed by atoms with Crippen LogP contribution < -0.4 is 0 Å². The molecule has 1 heteroatoms. The van der Waals surface area contributed by atoms with Crippen molar-refractivity contribution in [2.45, 2.75) is 36.8 Å². The molecule has 2 rings (SSSR count). The van der Waals surface area contributed by atoms with E-state index in [4.69, 9.17) is 0 Å². The van der Waals surface area contributed by atoms with Gasteiger partial charge in [0, 0.05) is 0 Å². The van der Waals surface area contributed by atoms with Gasteiger partial charge < -0.3 is 0 Å². The van der Waals surface area contributed by atoms with Crippen molar-refractivity contribution in [3.63, 3.8) is 0 Å². The van der Waals surface area contributed by atoms with Crippen molar-refractivity contribution < 1.29 is 20.3 Å². The Hall–Kier alpha value is -0.157. The fourth-order valence-corrected chi connectivity index (χ4v) is 16.6. The van der Waals surface area contributed by atoms with E-state index in [0.29, 0.717) is 5.41 Å². The predicted octanol–water partition coefficient (Wildman–Crippen LogP) is 5.48. The molecule has 0 saturated carbocycles. The first kappa shape index (κ1) is 13.3. The zero-order valence-electron chi connectivity index (χ0n) is 11.5. The fraction of sp³-hybridized carbons (Fsp3) is 0.500. The Balaban J connectivity index is 2.28. The van der Waals surface area contributed by atoms with Crippen LogP contribution in [0.25, 0.3) is 0 Å². The van der Waals surface area contributed by atoms with E-state index in [-0.39, 0.29) is 0 Å². The Bertz CT molecular complexity index is 338. The Morgan fingerprint density at radius 1 is 0.824 bits per heavy atom. The van der Waals surface area contributed by atoms with Crippen LogP contribution in [0.15, 0.2) is 48.6 Å². The van der Waals surface area contributed by atoms with Gasteiger partial charge in [-0.1, -0.05) is 0 Å².